The molecule has 0 unspecified atom stereocenters. The highest BCUT2D eigenvalue weighted by Crippen LogP contribution is 2.37. The van der Waals surface area contributed by atoms with Crippen molar-refractivity contribution in [2.24, 2.45) is 0 Å². The summed E-state index contributed by atoms with van der Waals surface area (Å²) >= 11 is 0. The number of benzene rings is 1. The van der Waals surface area contributed by atoms with Gasteiger partial charge in [0.1, 0.15) is 11.6 Å². The summed E-state index contributed by atoms with van der Waals surface area (Å²) in [5.74, 6) is 1.45. The number of rotatable bonds is 2. The summed E-state index contributed by atoms with van der Waals surface area (Å²) in [6.45, 7) is 10.0. The fourth-order valence-corrected chi connectivity index (χ4v) is 2.50. The van der Waals surface area contributed by atoms with Crippen molar-refractivity contribution in [3.63, 3.8) is 0 Å². The van der Waals surface area contributed by atoms with Gasteiger partial charge in [-0.15, -0.1) is 0 Å². The zero-order chi connectivity index (χ0) is 16.1. The van der Waals surface area contributed by atoms with Gasteiger partial charge in [-0.2, -0.15) is 0 Å². The van der Waals surface area contributed by atoms with Gasteiger partial charge < -0.3 is 14.0 Å². The fourth-order valence-electron chi connectivity index (χ4n) is 2.50. The average molecular weight is 300 g/mol. The van der Waals surface area contributed by atoms with E-state index in [1.807, 2.05) is 52.9 Å². The smallest absolute Gasteiger partial charge is 0.497 e. The topological polar surface area (TPSA) is 53.5 Å². The second-order valence-electron chi connectivity index (χ2n) is 6.66. The summed E-state index contributed by atoms with van der Waals surface area (Å²) in [7, 11) is 1.18. The Bertz CT molecular complexity index is 715. The van der Waals surface area contributed by atoms with Crippen LogP contribution in [0, 0.1) is 6.92 Å². The molecule has 1 aromatic carbocycles. The lowest BCUT2D eigenvalue weighted by Crippen LogP contribution is -2.41. The predicted molar refractivity (Wildman–Crippen MR) is 86.5 cm³/mol. The van der Waals surface area contributed by atoms with E-state index in [4.69, 9.17) is 14.0 Å². The Hall–Kier alpha value is -1.66. The average Bonchev–Trinajstić information content (AvgIpc) is 2.65. The molecular weight excluding hydrogens is 279 g/mol. The number of nitrogens with zero attached hydrogens (tertiary/aromatic N) is 2. The maximum Gasteiger partial charge on any atom is 0.498 e. The van der Waals surface area contributed by atoms with Crippen molar-refractivity contribution in [1.29, 1.82) is 0 Å². The van der Waals surface area contributed by atoms with E-state index in [1.54, 1.807) is 7.11 Å². The molecule has 2 aromatic rings. The number of aromatic nitrogens is 2. The van der Waals surface area contributed by atoms with Gasteiger partial charge >= 0.3 is 7.12 Å². The van der Waals surface area contributed by atoms with Gasteiger partial charge in [0.2, 0.25) is 0 Å². The molecule has 0 atom stereocenters. The standard InChI is InChI=1S/C16H21BN2O3/c1-10-18-9-11-7-12(14(20-6)8-13(11)19-10)17-21-15(2,3)16(4,5)22-17/h7-9H,1-6H3. The second kappa shape index (κ2) is 4.93. The van der Waals surface area contributed by atoms with E-state index in [0.717, 1.165) is 22.2 Å². The van der Waals surface area contributed by atoms with Gasteiger partial charge in [-0.3, -0.25) is 0 Å². The molecule has 0 aliphatic carbocycles. The van der Waals surface area contributed by atoms with Crippen LogP contribution in [0.2, 0.25) is 0 Å². The maximum atomic E-state index is 6.12. The van der Waals surface area contributed by atoms with Crippen molar-refractivity contribution in [1.82, 2.24) is 9.97 Å². The first-order chi connectivity index (χ1) is 10.2. The molecule has 0 amide bonds. The summed E-state index contributed by atoms with van der Waals surface area (Å²) in [6.07, 6.45) is 1.81. The summed E-state index contributed by atoms with van der Waals surface area (Å²) in [4.78, 5) is 8.69. The van der Waals surface area contributed by atoms with E-state index < -0.39 is 7.12 Å². The Morgan fingerprint density at radius 3 is 2.32 bits per heavy atom. The number of methoxy groups -OCH3 is 1. The number of aryl methyl sites for hydroxylation is 1. The van der Waals surface area contributed by atoms with Crippen LogP contribution in [0.1, 0.15) is 33.5 Å². The second-order valence-corrected chi connectivity index (χ2v) is 6.66. The van der Waals surface area contributed by atoms with Crippen LogP contribution in [0.3, 0.4) is 0 Å². The molecule has 1 fully saturated rings. The Kier molecular flexibility index (Phi) is 3.42. The van der Waals surface area contributed by atoms with Gasteiger partial charge in [0, 0.05) is 23.1 Å². The molecule has 1 saturated heterocycles. The Labute approximate surface area is 131 Å². The lowest BCUT2D eigenvalue weighted by atomic mass is 9.77. The lowest BCUT2D eigenvalue weighted by molar-refractivity contribution is 0.00578. The van der Waals surface area contributed by atoms with E-state index in [1.165, 1.54) is 0 Å². The van der Waals surface area contributed by atoms with Gasteiger partial charge in [-0.25, -0.2) is 9.97 Å². The molecule has 0 spiro atoms. The molecule has 1 aliphatic heterocycles. The van der Waals surface area contributed by atoms with E-state index >= 15 is 0 Å². The first-order valence-corrected chi connectivity index (χ1v) is 7.40. The first-order valence-electron chi connectivity index (χ1n) is 7.40. The van der Waals surface area contributed by atoms with Crippen LogP contribution >= 0.6 is 0 Å². The highest BCUT2D eigenvalue weighted by atomic mass is 16.7. The molecule has 0 bridgehead atoms. The molecule has 1 aliphatic rings. The van der Waals surface area contributed by atoms with Gasteiger partial charge in [-0.1, -0.05) is 0 Å². The zero-order valence-corrected chi connectivity index (χ0v) is 13.9. The molecule has 5 nitrogen and oxygen atoms in total. The van der Waals surface area contributed by atoms with Crippen molar-refractivity contribution >= 4 is 23.5 Å². The molecular formula is C16H21BN2O3. The van der Waals surface area contributed by atoms with Crippen LogP contribution in [0.5, 0.6) is 5.75 Å². The van der Waals surface area contributed by atoms with Gasteiger partial charge in [0.05, 0.1) is 23.8 Å². The molecule has 116 valence electrons. The molecule has 0 N–H and O–H groups in total. The maximum absolute atomic E-state index is 6.12. The first kappa shape index (κ1) is 15.2. The normalized spacial score (nSPS) is 19.6. The molecule has 0 radical (unpaired) electrons. The SMILES string of the molecule is COc1cc2nc(C)ncc2cc1B1OC(C)(C)C(C)(C)O1. The van der Waals surface area contributed by atoms with Crippen molar-refractivity contribution in [2.75, 3.05) is 7.11 Å². The minimum absolute atomic E-state index is 0.387. The number of fused-ring (bicyclic) bond motifs is 1. The minimum Gasteiger partial charge on any atom is -0.497 e. The van der Waals surface area contributed by atoms with Crippen LogP contribution in [0.4, 0.5) is 0 Å². The fraction of sp³-hybridized carbons (Fsp3) is 0.500. The highest BCUT2D eigenvalue weighted by molar-refractivity contribution is 6.63. The van der Waals surface area contributed by atoms with Crippen molar-refractivity contribution in [2.45, 2.75) is 45.8 Å². The number of hydrogen-bond acceptors (Lipinski definition) is 5. The molecule has 0 saturated carbocycles. The van der Waals surface area contributed by atoms with Gasteiger partial charge in [-0.05, 0) is 40.7 Å². The van der Waals surface area contributed by atoms with Crippen LogP contribution in [0.15, 0.2) is 18.3 Å². The van der Waals surface area contributed by atoms with E-state index in [0.29, 0.717) is 5.75 Å². The van der Waals surface area contributed by atoms with Crippen molar-refractivity contribution < 1.29 is 14.0 Å². The van der Waals surface area contributed by atoms with E-state index in [-0.39, 0.29) is 11.2 Å². The third-order valence-corrected chi connectivity index (χ3v) is 4.56. The zero-order valence-electron chi connectivity index (χ0n) is 13.9. The lowest BCUT2D eigenvalue weighted by Gasteiger charge is -2.32. The van der Waals surface area contributed by atoms with Crippen LogP contribution in [-0.2, 0) is 9.31 Å². The Morgan fingerprint density at radius 2 is 1.73 bits per heavy atom. The summed E-state index contributed by atoms with van der Waals surface area (Å²) in [6, 6.07) is 3.89. The van der Waals surface area contributed by atoms with Gasteiger partial charge in [0.15, 0.2) is 0 Å². The minimum atomic E-state index is -0.467. The molecule has 22 heavy (non-hydrogen) atoms. The van der Waals surface area contributed by atoms with E-state index in [9.17, 15) is 0 Å². The van der Waals surface area contributed by atoms with Crippen molar-refractivity contribution in [3.05, 3.63) is 24.2 Å². The quantitative estimate of drug-likeness (QED) is 0.796. The summed E-state index contributed by atoms with van der Waals surface area (Å²) < 4.78 is 17.8. The van der Waals surface area contributed by atoms with Crippen molar-refractivity contribution in [3.8, 4) is 5.75 Å². The number of hydrogen-bond donors (Lipinski definition) is 0. The molecule has 6 heteroatoms. The molecule has 1 aromatic heterocycles. The largest absolute Gasteiger partial charge is 0.498 e. The van der Waals surface area contributed by atoms with E-state index in [2.05, 4.69) is 9.97 Å². The Morgan fingerprint density at radius 1 is 1.09 bits per heavy atom. The summed E-state index contributed by atoms with van der Waals surface area (Å²) in [5.41, 5.74) is 0.939. The third-order valence-electron chi connectivity index (χ3n) is 4.56. The van der Waals surface area contributed by atoms with Crippen LogP contribution in [-0.4, -0.2) is 35.4 Å². The Balaban J connectivity index is 2.09. The monoisotopic (exact) mass is 300 g/mol. The third kappa shape index (κ3) is 2.36. The summed E-state index contributed by atoms with van der Waals surface area (Å²) in [5, 5.41) is 0.941. The highest BCUT2D eigenvalue weighted by Gasteiger charge is 2.52. The van der Waals surface area contributed by atoms with Crippen LogP contribution in [0.25, 0.3) is 10.9 Å². The van der Waals surface area contributed by atoms with Crippen LogP contribution < -0.4 is 10.2 Å². The van der Waals surface area contributed by atoms with Gasteiger partial charge in [0.25, 0.3) is 0 Å². The molecule has 2 heterocycles. The number of ether oxygens (including phenoxy) is 1. The molecule has 3 rings (SSSR count). The predicted octanol–water partition coefficient (Wildman–Crippen LogP) is 2.25.